The monoisotopic (exact) mass is 500 g/mol. The molecule has 3 aromatic rings. The number of likely N-dealkylation sites (N-methyl/N-ethyl adjacent to an activating group) is 1. The maximum Gasteiger partial charge on any atom is 0.254 e. The number of hydrogen-bond acceptors (Lipinski definition) is 6. The molecule has 1 aromatic carbocycles. The van der Waals surface area contributed by atoms with Crippen molar-refractivity contribution in [3.05, 3.63) is 64.1 Å². The first-order chi connectivity index (χ1) is 17.8. The van der Waals surface area contributed by atoms with E-state index in [4.69, 9.17) is 4.74 Å². The van der Waals surface area contributed by atoms with Gasteiger partial charge in [0.2, 0.25) is 0 Å². The van der Waals surface area contributed by atoms with Gasteiger partial charge in [-0.15, -0.1) is 0 Å². The van der Waals surface area contributed by atoms with Crippen molar-refractivity contribution in [2.45, 2.75) is 46.6 Å². The number of aromatic nitrogens is 3. The smallest absolute Gasteiger partial charge is 0.254 e. The minimum Gasteiger partial charge on any atom is -0.492 e. The van der Waals surface area contributed by atoms with E-state index in [9.17, 15) is 10.1 Å². The normalized spacial score (nSPS) is 14.0. The number of fused-ring (bicyclic) bond motifs is 1. The molecule has 0 saturated carbocycles. The summed E-state index contributed by atoms with van der Waals surface area (Å²) in [6.45, 7) is 10.9. The summed E-state index contributed by atoms with van der Waals surface area (Å²) in [7, 11) is 4.07. The van der Waals surface area contributed by atoms with Gasteiger partial charge in [0.05, 0.1) is 29.7 Å². The van der Waals surface area contributed by atoms with Gasteiger partial charge in [-0.3, -0.25) is 14.5 Å². The van der Waals surface area contributed by atoms with Crippen molar-refractivity contribution >= 4 is 5.91 Å². The van der Waals surface area contributed by atoms with Gasteiger partial charge in [0, 0.05) is 43.5 Å². The van der Waals surface area contributed by atoms with Gasteiger partial charge in [-0.1, -0.05) is 6.92 Å². The Balaban J connectivity index is 1.73. The summed E-state index contributed by atoms with van der Waals surface area (Å²) in [5.41, 5.74) is 7.15. The summed E-state index contributed by atoms with van der Waals surface area (Å²) < 4.78 is 7.57. The number of nitriles is 1. The Kier molecular flexibility index (Phi) is 7.94. The van der Waals surface area contributed by atoms with Crippen LogP contribution in [0, 0.1) is 18.3 Å². The van der Waals surface area contributed by atoms with Crippen LogP contribution in [0.5, 0.6) is 5.75 Å². The van der Waals surface area contributed by atoms with Crippen molar-refractivity contribution in [3.63, 3.8) is 0 Å². The molecule has 0 bridgehead atoms. The molecule has 4 rings (SSSR count). The van der Waals surface area contributed by atoms with E-state index in [1.165, 1.54) is 6.20 Å². The van der Waals surface area contributed by atoms with Crippen LogP contribution < -0.4 is 4.74 Å². The number of pyridine rings is 1. The average Bonchev–Trinajstić information content (AvgIpc) is 3.24. The number of aryl methyl sites for hydroxylation is 2. The van der Waals surface area contributed by atoms with Crippen LogP contribution in [0.2, 0.25) is 0 Å². The van der Waals surface area contributed by atoms with Crippen LogP contribution in [-0.4, -0.2) is 63.8 Å². The number of ether oxygens (including phenoxy) is 1. The maximum absolute atomic E-state index is 14.0. The molecule has 0 N–H and O–H groups in total. The van der Waals surface area contributed by atoms with Gasteiger partial charge in [-0.25, -0.2) is 0 Å². The molecule has 194 valence electrons. The second kappa shape index (κ2) is 11.1. The molecule has 1 aliphatic rings. The number of benzene rings is 1. The van der Waals surface area contributed by atoms with E-state index in [0.717, 1.165) is 59.6 Å². The van der Waals surface area contributed by atoms with Gasteiger partial charge in [-0.2, -0.15) is 10.4 Å². The predicted octanol–water partition coefficient (Wildman–Crippen LogP) is 4.31. The second-order valence-electron chi connectivity index (χ2n) is 9.68. The topological polar surface area (TPSA) is 87.3 Å². The highest BCUT2D eigenvalue weighted by Gasteiger charge is 2.32. The third-order valence-corrected chi connectivity index (χ3v) is 7.21. The first-order valence-corrected chi connectivity index (χ1v) is 13.0. The number of rotatable bonds is 9. The summed E-state index contributed by atoms with van der Waals surface area (Å²) in [5, 5.41) is 14.0. The van der Waals surface area contributed by atoms with Gasteiger partial charge in [0.25, 0.3) is 5.91 Å². The zero-order valence-electron chi connectivity index (χ0n) is 22.7. The van der Waals surface area contributed by atoms with Crippen molar-refractivity contribution in [2.24, 2.45) is 7.05 Å². The van der Waals surface area contributed by atoms with E-state index in [2.05, 4.69) is 53.2 Å². The zero-order valence-corrected chi connectivity index (χ0v) is 22.7. The zero-order chi connectivity index (χ0) is 26.7. The molecule has 1 aliphatic heterocycles. The highest BCUT2D eigenvalue weighted by Crippen LogP contribution is 2.35. The molecular weight excluding hydrogens is 464 g/mol. The molecule has 8 nitrogen and oxygen atoms in total. The van der Waals surface area contributed by atoms with Crippen LogP contribution in [0.25, 0.3) is 11.3 Å². The molecule has 1 amide bonds. The van der Waals surface area contributed by atoms with E-state index in [1.807, 2.05) is 37.4 Å². The summed E-state index contributed by atoms with van der Waals surface area (Å²) in [6.07, 6.45) is 3.14. The molecule has 2 aromatic heterocycles. The van der Waals surface area contributed by atoms with Crippen LogP contribution in [0.1, 0.15) is 65.2 Å². The van der Waals surface area contributed by atoms with E-state index in [-0.39, 0.29) is 11.9 Å². The highest BCUT2D eigenvalue weighted by molar-refractivity contribution is 5.99. The number of nitrogens with zero attached hydrogens (tertiary/aromatic N) is 6. The number of amides is 1. The fourth-order valence-corrected chi connectivity index (χ4v) is 4.96. The molecule has 8 heteroatoms. The minimum atomic E-state index is -0.259. The molecule has 1 atom stereocenters. The fraction of sp³-hybridized carbons (Fsp3) is 0.448. The molecule has 3 heterocycles. The number of carbonyl (C=O) groups is 1. The number of carbonyl (C=O) groups excluding carboxylic acids is 1. The Morgan fingerprint density at radius 3 is 2.62 bits per heavy atom. The summed E-state index contributed by atoms with van der Waals surface area (Å²) in [6, 6.07) is 10.1. The Morgan fingerprint density at radius 1 is 1.22 bits per heavy atom. The van der Waals surface area contributed by atoms with Crippen LogP contribution in [0.4, 0.5) is 0 Å². The number of hydrogen-bond donors (Lipinski definition) is 0. The van der Waals surface area contributed by atoms with Gasteiger partial charge in [0.1, 0.15) is 17.4 Å². The Hall–Kier alpha value is -3.70. The van der Waals surface area contributed by atoms with E-state index in [1.54, 1.807) is 6.07 Å². The Labute approximate surface area is 219 Å². The third kappa shape index (κ3) is 5.37. The Morgan fingerprint density at radius 2 is 1.97 bits per heavy atom. The van der Waals surface area contributed by atoms with Crippen molar-refractivity contribution < 1.29 is 9.53 Å². The lowest BCUT2D eigenvalue weighted by atomic mass is 9.88. The van der Waals surface area contributed by atoms with E-state index in [0.29, 0.717) is 30.2 Å². The first kappa shape index (κ1) is 26.4. The van der Waals surface area contributed by atoms with Gasteiger partial charge >= 0.3 is 0 Å². The van der Waals surface area contributed by atoms with Crippen LogP contribution in [0.15, 0.2) is 30.5 Å². The lowest BCUT2D eigenvalue weighted by molar-refractivity contribution is 0.0669. The van der Waals surface area contributed by atoms with Crippen molar-refractivity contribution in [1.82, 2.24) is 24.6 Å². The summed E-state index contributed by atoms with van der Waals surface area (Å²) >= 11 is 0. The van der Waals surface area contributed by atoms with Gasteiger partial charge in [-0.05, 0) is 76.5 Å². The molecule has 0 spiro atoms. The van der Waals surface area contributed by atoms with Crippen molar-refractivity contribution in [3.8, 4) is 23.1 Å². The van der Waals surface area contributed by atoms with Crippen LogP contribution >= 0.6 is 0 Å². The van der Waals surface area contributed by atoms with E-state index >= 15 is 0 Å². The molecule has 37 heavy (non-hydrogen) atoms. The van der Waals surface area contributed by atoms with Crippen LogP contribution in [0.3, 0.4) is 0 Å². The quantitative estimate of drug-likeness (QED) is 0.435. The average molecular weight is 501 g/mol. The highest BCUT2D eigenvalue weighted by atomic mass is 16.5. The van der Waals surface area contributed by atoms with Crippen molar-refractivity contribution in [1.29, 1.82) is 5.26 Å². The van der Waals surface area contributed by atoms with Gasteiger partial charge < -0.3 is 14.5 Å². The minimum absolute atomic E-state index is 0.00343. The lowest BCUT2D eigenvalue weighted by Crippen LogP contribution is -2.40. The predicted molar refractivity (Wildman–Crippen MR) is 144 cm³/mol. The van der Waals surface area contributed by atoms with Gasteiger partial charge in [0.15, 0.2) is 0 Å². The standard InChI is InChI=1S/C29H36N6O2/c1-7-33(5)11-9-21-14-24(27-13-19(3)32-34(27)6)23-10-12-35(29(36)25(23)15-21)20(4)26-16-28(37-8-2)22(17-30)18-31-26/h13-16,18,20H,7-12H2,1-6H3. The molecule has 0 radical (unpaired) electrons. The second-order valence-corrected chi connectivity index (χ2v) is 9.68. The molecule has 0 aliphatic carbocycles. The third-order valence-electron chi connectivity index (χ3n) is 7.21. The molecule has 0 saturated heterocycles. The summed E-state index contributed by atoms with van der Waals surface area (Å²) in [4.78, 5) is 22.6. The van der Waals surface area contributed by atoms with Crippen molar-refractivity contribution in [2.75, 3.05) is 33.3 Å². The fourth-order valence-electron chi connectivity index (χ4n) is 4.96. The van der Waals surface area contributed by atoms with Crippen LogP contribution in [-0.2, 0) is 19.9 Å². The van der Waals surface area contributed by atoms with E-state index < -0.39 is 0 Å². The molecule has 1 unspecified atom stereocenters. The lowest BCUT2D eigenvalue weighted by Gasteiger charge is -2.34. The molecule has 0 fully saturated rings. The largest absolute Gasteiger partial charge is 0.492 e. The first-order valence-electron chi connectivity index (χ1n) is 13.0. The molecular formula is C29H36N6O2. The Bertz CT molecular complexity index is 1340. The SMILES string of the molecule is CCOc1cc(C(C)N2CCc3c(cc(CCN(C)CC)cc3-c3cc(C)nn3C)C2=O)ncc1C#N. The summed E-state index contributed by atoms with van der Waals surface area (Å²) in [5.74, 6) is 0.506. The maximum atomic E-state index is 14.0.